The van der Waals surface area contributed by atoms with Gasteiger partial charge in [0.15, 0.2) is 6.17 Å². The van der Waals surface area contributed by atoms with Crippen LogP contribution in [0.5, 0.6) is 5.75 Å². The molecule has 2 atom stereocenters. The molecule has 1 aromatic carbocycles. The smallest absolute Gasteiger partial charge is 0.326 e. The van der Waals surface area contributed by atoms with Crippen molar-refractivity contribution >= 4 is 11.9 Å². The minimum Gasteiger partial charge on any atom is -0.497 e. The quantitative estimate of drug-likeness (QED) is 0.890. The molecule has 0 spiro atoms. The normalized spacial score (nSPS) is 22.6. The fourth-order valence-electron chi connectivity index (χ4n) is 2.11. The van der Waals surface area contributed by atoms with Crippen molar-refractivity contribution in [2.24, 2.45) is 0 Å². The van der Waals surface area contributed by atoms with Crippen molar-refractivity contribution < 1.29 is 23.8 Å². The Labute approximate surface area is 109 Å². The summed E-state index contributed by atoms with van der Waals surface area (Å²) in [4.78, 5) is 23.7. The zero-order chi connectivity index (χ0) is 14.0. The number of rotatable bonds is 4. The molecule has 0 aromatic heterocycles. The molecule has 0 radical (unpaired) electrons. The van der Waals surface area contributed by atoms with Gasteiger partial charge in [-0.1, -0.05) is 12.1 Å². The van der Waals surface area contributed by atoms with Gasteiger partial charge in [0.05, 0.1) is 7.11 Å². The van der Waals surface area contributed by atoms with E-state index < -0.39 is 24.1 Å². The summed E-state index contributed by atoms with van der Waals surface area (Å²) in [6, 6.07) is 5.76. The Balaban J connectivity index is 2.15. The van der Waals surface area contributed by atoms with Gasteiger partial charge in [0.2, 0.25) is 0 Å². The van der Waals surface area contributed by atoms with Gasteiger partial charge >= 0.3 is 5.97 Å². The molecule has 6 heteroatoms. The first-order valence-electron chi connectivity index (χ1n) is 5.83. The van der Waals surface area contributed by atoms with E-state index in [0.29, 0.717) is 5.75 Å². The average molecular weight is 267 g/mol. The molecule has 0 aliphatic carbocycles. The van der Waals surface area contributed by atoms with Crippen LogP contribution in [0.3, 0.4) is 0 Å². The molecule has 2 rings (SSSR count). The van der Waals surface area contributed by atoms with Crippen LogP contribution in [0.25, 0.3) is 0 Å². The summed E-state index contributed by atoms with van der Waals surface area (Å²) in [6.07, 6.45) is -2.01. The molecule has 5 nitrogen and oxygen atoms in total. The molecule has 0 saturated carbocycles. The van der Waals surface area contributed by atoms with Gasteiger partial charge < -0.3 is 14.7 Å². The Hall–Kier alpha value is -2.11. The van der Waals surface area contributed by atoms with Crippen molar-refractivity contribution in [3.8, 4) is 5.75 Å². The van der Waals surface area contributed by atoms with Crippen molar-refractivity contribution in [2.75, 3.05) is 7.11 Å². The molecular weight excluding hydrogens is 253 g/mol. The highest BCUT2D eigenvalue weighted by atomic mass is 19.1. The summed E-state index contributed by atoms with van der Waals surface area (Å²) < 4.78 is 18.3. The van der Waals surface area contributed by atoms with Crippen LogP contribution in [0, 0.1) is 0 Å². The van der Waals surface area contributed by atoms with E-state index in [4.69, 9.17) is 9.84 Å². The van der Waals surface area contributed by atoms with Gasteiger partial charge in [0.1, 0.15) is 11.8 Å². The Bertz CT molecular complexity index is 488. The molecular formula is C13H14FNO4. The van der Waals surface area contributed by atoms with Gasteiger partial charge in [0.25, 0.3) is 5.91 Å². The van der Waals surface area contributed by atoms with Crippen LogP contribution in [0.4, 0.5) is 4.39 Å². The second-order valence-corrected chi connectivity index (χ2v) is 4.37. The highest BCUT2D eigenvalue weighted by Gasteiger charge is 2.43. The van der Waals surface area contributed by atoms with Crippen molar-refractivity contribution in [1.82, 2.24) is 4.90 Å². The second-order valence-electron chi connectivity index (χ2n) is 4.37. The minimum atomic E-state index is -1.72. The highest BCUT2D eigenvalue weighted by Crippen LogP contribution is 2.25. The highest BCUT2D eigenvalue weighted by molar-refractivity contribution is 5.90. The zero-order valence-electron chi connectivity index (χ0n) is 10.4. The molecule has 1 heterocycles. The van der Waals surface area contributed by atoms with Crippen LogP contribution in [-0.4, -0.2) is 41.2 Å². The first-order valence-corrected chi connectivity index (χ1v) is 5.83. The maximum Gasteiger partial charge on any atom is 0.326 e. The fourth-order valence-corrected chi connectivity index (χ4v) is 2.11. The van der Waals surface area contributed by atoms with Gasteiger partial charge in [-0.25, -0.2) is 9.18 Å². The Kier molecular flexibility index (Phi) is 3.69. The van der Waals surface area contributed by atoms with E-state index in [1.54, 1.807) is 24.3 Å². The predicted molar refractivity (Wildman–Crippen MR) is 64.5 cm³/mol. The largest absolute Gasteiger partial charge is 0.497 e. The fraction of sp³-hybridized carbons (Fsp3) is 0.385. The molecule has 1 amide bonds. The number of carboxylic acid groups (broad SMARTS) is 1. The van der Waals surface area contributed by atoms with Crippen molar-refractivity contribution in [3.05, 3.63) is 29.8 Å². The Morgan fingerprint density at radius 2 is 2.11 bits per heavy atom. The molecule has 19 heavy (non-hydrogen) atoms. The zero-order valence-corrected chi connectivity index (χ0v) is 10.4. The van der Waals surface area contributed by atoms with E-state index >= 15 is 0 Å². The lowest BCUT2D eigenvalue weighted by molar-refractivity contribution is -0.147. The van der Waals surface area contributed by atoms with Crippen LogP contribution in [0.2, 0.25) is 0 Å². The molecule has 0 bridgehead atoms. The van der Waals surface area contributed by atoms with Gasteiger partial charge in [-0.2, -0.15) is 0 Å². The number of carbonyl (C=O) groups is 2. The molecule has 1 saturated heterocycles. The van der Waals surface area contributed by atoms with Crippen LogP contribution in [0.15, 0.2) is 24.3 Å². The van der Waals surface area contributed by atoms with Crippen LogP contribution < -0.4 is 4.74 Å². The summed E-state index contributed by atoms with van der Waals surface area (Å²) in [6.45, 7) is 0.0835. The number of nitrogens with zero attached hydrogens (tertiary/aromatic N) is 1. The molecule has 1 fully saturated rings. The summed E-state index contributed by atoms with van der Waals surface area (Å²) in [5, 5.41) is 9.00. The molecule has 1 aromatic rings. The van der Waals surface area contributed by atoms with Crippen molar-refractivity contribution in [1.29, 1.82) is 0 Å². The van der Waals surface area contributed by atoms with Gasteiger partial charge in [-0.3, -0.25) is 4.79 Å². The summed E-state index contributed by atoms with van der Waals surface area (Å²) in [7, 11) is 1.53. The maximum atomic E-state index is 13.3. The van der Waals surface area contributed by atoms with Crippen LogP contribution >= 0.6 is 0 Å². The second kappa shape index (κ2) is 5.26. The van der Waals surface area contributed by atoms with E-state index in [1.165, 1.54) is 7.11 Å². The number of amides is 1. The number of hydrogen-bond donors (Lipinski definition) is 1. The SMILES string of the molecule is COc1ccc(CN2C(=O)[C@H](F)C[C@H]2C(=O)O)cc1. The third-order valence-corrected chi connectivity index (χ3v) is 3.15. The van der Waals surface area contributed by atoms with Crippen LogP contribution in [-0.2, 0) is 16.1 Å². The van der Waals surface area contributed by atoms with E-state index in [1.807, 2.05) is 0 Å². The van der Waals surface area contributed by atoms with E-state index in [9.17, 15) is 14.0 Å². The molecule has 1 aliphatic rings. The number of carboxylic acids is 1. The lowest BCUT2D eigenvalue weighted by Crippen LogP contribution is -2.38. The lowest BCUT2D eigenvalue weighted by Gasteiger charge is -2.21. The van der Waals surface area contributed by atoms with Crippen molar-refractivity contribution in [3.63, 3.8) is 0 Å². The molecule has 1 N–H and O–H groups in total. The van der Waals surface area contributed by atoms with Crippen molar-refractivity contribution in [2.45, 2.75) is 25.2 Å². The summed E-state index contributed by atoms with van der Waals surface area (Å²) in [5.74, 6) is -1.28. The number of methoxy groups -OCH3 is 1. The number of carbonyl (C=O) groups excluding carboxylic acids is 1. The monoisotopic (exact) mass is 267 g/mol. The third kappa shape index (κ3) is 2.67. The number of hydrogen-bond acceptors (Lipinski definition) is 3. The van der Waals surface area contributed by atoms with E-state index in [0.717, 1.165) is 10.5 Å². The lowest BCUT2D eigenvalue weighted by atomic mass is 10.1. The topological polar surface area (TPSA) is 66.8 Å². The standard InChI is InChI=1S/C13H14FNO4/c1-19-9-4-2-8(3-5-9)7-15-11(13(17)18)6-10(14)12(15)16/h2-5,10-11H,6-7H2,1H3,(H,17,18)/t10-,11+/m1/s1. The molecule has 0 unspecified atom stereocenters. The molecule has 102 valence electrons. The number of benzene rings is 1. The minimum absolute atomic E-state index is 0.0835. The van der Waals surface area contributed by atoms with Gasteiger partial charge in [0, 0.05) is 13.0 Å². The summed E-state index contributed by atoms with van der Waals surface area (Å²) in [5.41, 5.74) is 0.731. The average Bonchev–Trinajstić information content (AvgIpc) is 2.68. The number of ether oxygens (including phenoxy) is 1. The predicted octanol–water partition coefficient (Wildman–Crippen LogP) is 1.22. The number of halogens is 1. The first kappa shape index (κ1) is 13.3. The Morgan fingerprint density at radius 3 is 2.63 bits per heavy atom. The summed E-state index contributed by atoms with van der Waals surface area (Å²) >= 11 is 0. The maximum absolute atomic E-state index is 13.3. The van der Waals surface area contributed by atoms with Gasteiger partial charge in [-0.05, 0) is 17.7 Å². The van der Waals surface area contributed by atoms with Gasteiger partial charge in [-0.15, -0.1) is 0 Å². The third-order valence-electron chi connectivity index (χ3n) is 3.15. The first-order chi connectivity index (χ1) is 9.02. The Morgan fingerprint density at radius 1 is 1.47 bits per heavy atom. The van der Waals surface area contributed by atoms with Crippen LogP contribution in [0.1, 0.15) is 12.0 Å². The number of aliphatic carboxylic acids is 1. The van der Waals surface area contributed by atoms with E-state index in [2.05, 4.69) is 0 Å². The molecule has 1 aliphatic heterocycles. The number of likely N-dealkylation sites (tertiary alicyclic amines) is 1. The van der Waals surface area contributed by atoms with E-state index in [-0.39, 0.29) is 13.0 Å². The number of alkyl halides is 1.